The zero-order chi connectivity index (χ0) is 20.8. The van der Waals surface area contributed by atoms with Crippen LogP contribution in [0.2, 0.25) is 0 Å². The largest absolute Gasteiger partial charge is 0.352 e. The maximum atomic E-state index is 12.5. The van der Waals surface area contributed by atoms with E-state index < -0.39 is 0 Å². The van der Waals surface area contributed by atoms with Gasteiger partial charge in [-0.05, 0) is 43.5 Å². The molecule has 0 unspecified atom stereocenters. The van der Waals surface area contributed by atoms with Crippen LogP contribution in [-0.2, 0) is 24.3 Å². The molecule has 1 aliphatic rings. The highest BCUT2D eigenvalue weighted by Gasteiger charge is 2.25. The van der Waals surface area contributed by atoms with Gasteiger partial charge in [-0.1, -0.05) is 61.5 Å². The smallest absolute Gasteiger partial charge is 0.223 e. The fourth-order valence-corrected chi connectivity index (χ4v) is 4.72. The van der Waals surface area contributed by atoms with Gasteiger partial charge in [0.15, 0.2) is 0 Å². The summed E-state index contributed by atoms with van der Waals surface area (Å²) in [5.74, 6) is 0.304. The number of hydrogen-bond acceptors (Lipinski definition) is 4. The van der Waals surface area contributed by atoms with E-state index in [2.05, 4.69) is 46.8 Å². The molecule has 0 bridgehead atoms. The first kappa shape index (κ1) is 20.8. The molecular weight excluding hydrogens is 390 g/mol. The number of aromatic nitrogens is 1. The lowest BCUT2D eigenvalue weighted by Gasteiger charge is -2.30. The number of aryl methyl sites for hydroxylation is 1. The Balaban J connectivity index is 1.24. The normalized spacial score (nSPS) is 15.2. The molecule has 1 aromatic heterocycles. The summed E-state index contributed by atoms with van der Waals surface area (Å²) in [6.07, 6.45) is 2.88. The van der Waals surface area contributed by atoms with Gasteiger partial charge in [0.2, 0.25) is 5.91 Å². The Morgan fingerprint density at radius 3 is 2.50 bits per heavy atom. The summed E-state index contributed by atoms with van der Waals surface area (Å²) in [4.78, 5) is 19.8. The molecule has 0 radical (unpaired) electrons. The zero-order valence-electron chi connectivity index (χ0n) is 17.5. The molecule has 5 heteroatoms. The van der Waals surface area contributed by atoms with Crippen LogP contribution in [0.25, 0.3) is 10.6 Å². The van der Waals surface area contributed by atoms with E-state index in [1.807, 2.05) is 30.3 Å². The molecule has 4 nitrogen and oxygen atoms in total. The Labute approximate surface area is 183 Å². The van der Waals surface area contributed by atoms with Crippen molar-refractivity contribution < 1.29 is 4.79 Å². The fraction of sp³-hybridized carbons (Fsp3) is 0.360. The van der Waals surface area contributed by atoms with E-state index in [-0.39, 0.29) is 11.8 Å². The molecule has 156 valence electrons. The third-order valence-corrected chi connectivity index (χ3v) is 6.75. The van der Waals surface area contributed by atoms with Gasteiger partial charge in [0, 0.05) is 30.0 Å². The number of nitrogens with zero attached hydrogens (tertiary/aromatic N) is 2. The van der Waals surface area contributed by atoms with Crippen molar-refractivity contribution in [3.05, 3.63) is 76.8 Å². The average Bonchev–Trinajstić information content (AvgIpc) is 3.27. The number of nitrogens with one attached hydrogen (secondary N) is 1. The molecule has 30 heavy (non-hydrogen) atoms. The number of hydrogen-bond donors (Lipinski definition) is 1. The first-order valence-corrected chi connectivity index (χ1v) is 11.7. The monoisotopic (exact) mass is 419 g/mol. The summed E-state index contributed by atoms with van der Waals surface area (Å²) in [5.41, 5.74) is 4.82. The van der Waals surface area contributed by atoms with Crippen LogP contribution in [0.1, 0.15) is 36.6 Å². The van der Waals surface area contributed by atoms with Crippen molar-refractivity contribution in [2.75, 3.05) is 13.1 Å². The predicted molar refractivity (Wildman–Crippen MR) is 123 cm³/mol. The van der Waals surface area contributed by atoms with Crippen molar-refractivity contribution in [3.8, 4) is 10.6 Å². The fourth-order valence-electron chi connectivity index (χ4n) is 3.91. The van der Waals surface area contributed by atoms with Gasteiger partial charge in [0.1, 0.15) is 5.01 Å². The number of likely N-dealkylation sites (tertiary alicyclic amines) is 1. The molecule has 0 spiro atoms. The molecule has 4 rings (SSSR count). The first-order valence-electron chi connectivity index (χ1n) is 10.8. The molecule has 0 atom stereocenters. The highest BCUT2D eigenvalue weighted by molar-refractivity contribution is 7.13. The van der Waals surface area contributed by atoms with Gasteiger partial charge in [-0.3, -0.25) is 9.69 Å². The lowest BCUT2D eigenvalue weighted by molar-refractivity contribution is -0.126. The van der Waals surface area contributed by atoms with E-state index >= 15 is 0 Å². The molecule has 3 aromatic rings. The Hall–Kier alpha value is -2.50. The maximum absolute atomic E-state index is 12.5. The molecule has 2 heterocycles. The second kappa shape index (κ2) is 10.0. The summed E-state index contributed by atoms with van der Waals surface area (Å²) in [7, 11) is 0. The average molecular weight is 420 g/mol. The van der Waals surface area contributed by atoms with Crippen molar-refractivity contribution in [3.63, 3.8) is 0 Å². The molecule has 1 fully saturated rings. The van der Waals surface area contributed by atoms with Gasteiger partial charge in [0.05, 0.1) is 5.69 Å². The van der Waals surface area contributed by atoms with Crippen LogP contribution in [0.3, 0.4) is 0 Å². The third-order valence-electron chi connectivity index (χ3n) is 5.81. The number of carbonyl (C=O) groups excluding carboxylic acids is 1. The summed E-state index contributed by atoms with van der Waals surface area (Å²) in [6, 6.07) is 18.8. The molecule has 0 aliphatic carbocycles. The number of carbonyl (C=O) groups is 1. The van der Waals surface area contributed by atoms with Crippen molar-refractivity contribution >= 4 is 17.2 Å². The van der Waals surface area contributed by atoms with Gasteiger partial charge < -0.3 is 5.32 Å². The Bertz CT molecular complexity index is 944. The predicted octanol–water partition coefficient (Wildman–Crippen LogP) is 4.90. The van der Waals surface area contributed by atoms with E-state index in [0.29, 0.717) is 6.54 Å². The second-order valence-electron chi connectivity index (χ2n) is 7.95. The Kier molecular flexibility index (Phi) is 6.92. The van der Waals surface area contributed by atoms with Crippen LogP contribution < -0.4 is 5.32 Å². The van der Waals surface area contributed by atoms with E-state index in [4.69, 9.17) is 4.98 Å². The maximum Gasteiger partial charge on any atom is 0.223 e. The summed E-state index contributed by atoms with van der Waals surface area (Å²) in [5, 5.41) is 6.35. The van der Waals surface area contributed by atoms with Crippen molar-refractivity contribution in [1.29, 1.82) is 0 Å². The highest BCUT2D eigenvalue weighted by Crippen LogP contribution is 2.26. The topological polar surface area (TPSA) is 45.2 Å². The Morgan fingerprint density at radius 1 is 1.07 bits per heavy atom. The van der Waals surface area contributed by atoms with Gasteiger partial charge in [-0.15, -0.1) is 11.3 Å². The van der Waals surface area contributed by atoms with Gasteiger partial charge >= 0.3 is 0 Å². The lowest BCUT2D eigenvalue weighted by atomic mass is 9.95. The molecule has 1 saturated heterocycles. The summed E-state index contributed by atoms with van der Waals surface area (Å²) >= 11 is 1.71. The van der Waals surface area contributed by atoms with Crippen LogP contribution >= 0.6 is 11.3 Å². The number of benzene rings is 2. The first-order chi connectivity index (χ1) is 14.7. The van der Waals surface area contributed by atoms with E-state index in [0.717, 1.165) is 55.2 Å². The number of rotatable bonds is 7. The molecular formula is C25H29N3OS. The highest BCUT2D eigenvalue weighted by atomic mass is 32.1. The van der Waals surface area contributed by atoms with Crippen LogP contribution in [0.4, 0.5) is 0 Å². The lowest BCUT2D eigenvalue weighted by Crippen LogP contribution is -2.40. The quantitative estimate of drug-likeness (QED) is 0.592. The molecule has 1 amide bonds. The number of amides is 1. The molecule has 1 aliphatic heterocycles. The van der Waals surface area contributed by atoms with Crippen molar-refractivity contribution in [2.24, 2.45) is 5.92 Å². The summed E-state index contributed by atoms with van der Waals surface area (Å²) in [6.45, 7) is 5.54. The van der Waals surface area contributed by atoms with Crippen LogP contribution in [0, 0.1) is 5.92 Å². The van der Waals surface area contributed by atoms with Crippen molar-refractivity contribution in [1.82, 2.24) is 15.2 Å². The van der Waals surface area contributed by atoms with Crippen LogP contribution in [0.15, 0.2) is 60.0 Å². The minimum Gasteiger partial charge on any atom is -0.352 e. The molecule has 2 aromatic carbocycles. The SMILES string of the molecule is CCc1ccc(-c2nc(CN3CCC(C(=O)NCc4ccccc4)CC3)cs2)cc1. The van der Waals surface area contributed by atoms with Crippen molar-refractivity contribution in [2.45, 2.75) is 39.3 Å². The van der Waals surface area contributed by atoms with E-state index in [9.17, 15) is 4.79 Å². The van der Waals surface area contributed by atoms with Gasteiger partial charge in [-0.25, -0.2) is 4.98 Å². The van der Waals surface area contributed by atoms with Gasteiger partial charge in [-0.2, -0.15) is 0 Å². The molecule has 1 N–H and O–H groups in total. The van der Waals surface area contributed by atoms with Gasteiger partial charge in [0.25, 0.3) is 0 Å². The zero-order valence-corrected chi connectivity index (χ0v) is 18.3. The van der Waals surface area contributed by atoms with E-state index in [1.165, 1.54) is 11.1 Å². The van der Waals surface area contributed by atoms with Crippen LogP contribution in [0.5, 0.6) is 0 Å². The second-order valence-corrected chi connectivity index (χ2v) is 8.81. The number of thiazole rings is 1. The molecule has 0 saturated carbocycles. The summed E-state index contributed by atoms with van der Waals surface area (Å²) < 4.78 is 0. The number of piperidine rings is 1. The standard InChI is InChI=1S/C25H29N3OS/c1-2-19-8-10-22(11-9-19)25-27-23(18-30-25)17-28-14-12-21(13-15-28)24(29)26-16-20-6-4-3-5-7-20/h3-11,18,21H,2,12-17H2,1H3,(H,26,29). The third kappa shape index (κ3) is 5.35. The Morgan fingerprint density at radius 2 is 1.80 bits per heavy atom. The van der Waals surface area contributed by atoms with Crippen LogP contribution in [-0.4, -0.2) is 28.9 Å². The minimum absolute atomic E-state index is 0.119. The van der Waals surface area contributed by atoms with E-state index in [1.54, 1.807) is 11.3 Å². The minimum atomic E-state index is 0.119.